The maximum absolute atomic E-state index is 13.2. The topological polar surface area (TPSA) is 90.5 Å². The van der Waals surface area contributed by atoms with Crippen LogP contribution in [0.2, 0.25) is 0 Å². The van der Waals surface area contributed by atoms with Gasteiger partial charge in [0.15, 0.2) is 0 Å². The number of imidazole rings is 1. The van der Waals surface area contributed by atoms with E-state index in [4.69, 9.17) is 10.5 Å². The van der Waals surface area contributed by atoms with Gasteiger partial charge in [0, 0.05) is 12.7 Å². The predicted molar refractivity (Wildman–Crippen MR) is 102 cm³/mol. The molecule has 2 aromatic rings. The zero-order valence-electron chi connectivity index (χ0n) is 14.3. The van der Waals surface area contributed by atoms with Crippen LogP contribution < -0.4 is 5.73 Å². The van der Waals surface area contributed by atoms with Crippen molar-refractivity contribution in [2.24, 2.45) is 0 Å². The molecule has 0 radical (unpaired) electrons. The third kappa shape index (κ3) is 4.28. The third-order valence-corrected chi connectivity index (χ3v) is 4.28. The van der Waals surface area contributed by atoms with Crippen LogP contribution in [0.1, 0.15) is 24.4 Å². The zero-order valence-corrected chi connectivity index (χ0v) is 15.9. The van der Waals surface area contributed by atoms with Gasteiger partial charge in [0.05, 0.1) is 13.4 Å². The van der Waals surface area contributed by atoms with E-state index in [1.807, 2.05) is 30.3 Å². The molecule has 0 aliphatic carbocycles. The van der Waals surface area contributed by atoms with Crippen LogP contribution in [0.4, 0.5) is 5.82 Å². The van der Waals surface area contributed by atoms with E-state index in [-0.39, 0.29) is 36.7 Å². The second-order valence-corrected chi connectivity index (χ2v) is 5.77. The first-order valence-corrected chi connectivity index (χ1v) is 7.84. The van der Waals surface area contributed by atoms with Crippen LogP contribution in [-0.4, -0.2) is 46.0 Å². The summed E-state index contributed by atoms with van der Waals surface area (Å²) in [5, 5.41) is 0. The molecule has 3 rings (SSSR count). The Hall–Kier alpha value is -2.25. The molecule has 26 heavy (non-hydrogen) atoms. The molecule has 0 saturated carbocycles. The number of hydrogen-bond acceptors (Lipinski definition) is 5. The largest absolute Gasteiger partial charge is 0.467 e. The number of ether oxygens (including phenoxy) is 1. The number of nitrogens with two attached hydrogens (primary N) is 1. The van der Waals surface area contributed by atoms with Crippen molar-refractivity contribution in [1.82, 2.24) is 14.5 Å². The van der Waals surface area contributed by atoms with E-state index >= 15 is 0 Å². The van der Waals surface area contributed by atoms with E-state index in [9.17, 15) is 9.59 Å². The van der Waals surface area contributed by atoms with Crippen LogP contribution in [-0.2, 0) is 14.3 Å². The molecule has 1 saturated heterocycles. The molecule has 142 valence electrons. The Kier molecular flexibility index (Phi) is 7.92. The average Bonchev–Trinajstić information content (AvgIpc) is 3.24. The minimum absolute atomic E-state index is 0. The minimum Gasteiger partial charge on any atom is -0.467 e. The van der Waals surface area contributed by atoms with Gasteiger partial charge in [0.2, 0.25) is 0 Å². The van der Waals surface area contributed by atoms with Gasteiger partial charge >= 0.3 is 5.97 Å². The van der Waals surface area contributed by atoms with Crippen molar-refractivity contribution in [3.05, 3.63) is 48.4 Å². The smallest absolute Gasteiger partial charge is 0.328 e. The van der Waals surface area contributed by atoms with Crippen molar-refractivity contribution in [3.8, 4) is 0 Å². The molecule has 1 fully saturated rings. The van der Waals surface area contributed by atoms with Gasteiger partial charge in [-0.05, 0) is 18.4 Å². The van der Waals surface area contributed by atoms with Crippen LogP contribution in [0, 0.1) is 0 Å². The van der Waals surface area contributed by atoms with Gasteiger partial charge in [-0.15, -0.1) is 24.8 Å². The summed E-state index contributed by atoms with van der Waals surface area (Å²) in [6.07, 6.45) is 4.55. The highest BCUT2D eigenvalue weighted by atomic mass is 35.5. The Balaban J connectivity index is 0.00000169. The second-order valence-electron chi connectivity index (χ2n) is 5.77. The second kappa shape index (κ2) is 9.45. The van der Waals surface area contributed by atoms with Crippen LogP contribution in [0.15, 0.2) is 42.9 Å². The minimum atomic E-state index is -0.610. The summed E-state index contributed by atoms with van der Waals surface area (Å²) >= 11 is 0. The van der Waals surface area contributed by atoms with Crippen LogP contribution in [0.5, 0.6) is 0 Å². The summed E-state index contributed by atoms with van der Waals surface area (Å²) in [6, 6.07) is 8.25. The van der Waals surface area contributed by atoms with E-state index in [1.165, 1.54) is 13.4 Å². The molecule has 9 heteroatoms. The van der Waals surface area contributed by atoms with Gasteiger partial charge in [0.25, 0.3) is 5.91 Å². The van der Waals surface area contributed by atoms with Crippen molar-refractivity contribution in [3.63, 3.8) is 0 Å². The highest BCUT2D eigenvalue weighted by Gasteiger charge is 2.38. The molecular formula is C17H22Cl2N4O3. The van der Waals surface area contributed by atoms with E-state index < -0.39 is 12.1 Å². The third-order valence-electron chi connectivity index (χ3n) is 4.28. The van der Waals surface area contributed by atoms with Crippen molar-refractivity contribution in [2.45, 2.75) is 24.9 Å². The number of nitrogens with zero attached hydrogens (tertiary/aromatic N) is 3. The summed E-state index contributed by atoms with van der Waals surface area (Å²) in [5.41, 5.74) is 6.53. The van der Waals surface area contributed by atoms with Crippen LogP contribution in [0.25, 0.3) is 0 Å². The Morgan fingerprint density at radius 3 is 2.54 bits per heavy atom. The van der Waals surface area contributed by atoms with E-state index in [2.05, 4.69) is 4.98 Å². The fourth-order valence-electron chi connectivity index (χ4n) is 3.14. The van der Waals surface area contributed by atoms with Gasteiger partial charge in [-0.25, -0.2) is 9.78 Å². The number of carbonyl (C=O) groups is 2. The number of benzene rings is 1. The fraction of sp³-hybridized carbons (Fsp3) is 0.353. The van der Waals surface area contributed by atoms with Gasteiger partial charge in [-0.3, -0.25) is 4.79 Å². The summed E-state index contributed by atoms with van der Waals surface area (Å²) in [5.74, 6) is -0.195. The summed E-state index contributed by atoms with van der Waals surface area (Å²) in [6.45, 7) is 0.534. The van der Waals surface area contributed by atoms with Crippen molar-refractivity contribution in [2.75, 3.05) is 19.4 Å². The number of amides is 1. The Labute approximate surface area is 164 Å². The maximum Gasteiger partial charge on any atom is 0.328 e. The van der Waals surface area contributed by atoms with Gasteiger partial charge in [-0.2, -0.15) is 0 Å². The monoisotopic (exact) mass is 400 g/mol. The number of methoxy groups -OCH3 is 1. The molecule has 7 nitrogen and oxygen atoms in total. The molecular weight excluding hydrogens is 379 g/mol. The first-order valence-electron chi connectivity index (χ1n) is 7.84. The first-order chi connectivity index (χ1) is 11.6. The standard InChI is InChI=1S/C17H20N4O3.2ClH/c1-24-17(23)13-8-5-9-21(13)16(22)15(12-6-3-2-4-7-12)20-10-14(18)19-11-20;;/h2-4,6-7,10-11,13,15H,5,8-9,18H2,1H3;2*1H/t13-,15?;;/m0../s1. The lowest BCUT2D eigenvalue weighted by atomic mass is 10.0. The number of rotatable bonds is 4. The molecule has 2 heterocycles. The Bertz CT molecular complexity index is 739. The van der Waals surface area contributed by atoms with Crippen molar-refractivity contribution in [1.29, 1.82) is 0 Å². The number of carbonyl (C=O) groups excluding carboxylic acids is 2. The van der Waals surface area contributed by atoms with E-state index in [0.29, 0.717) is 18.8 Å². The Morgan fingerprint density at radius 2 is 1.96 bits per heavy atom. The lowest BCUT2D eigenvalue weighted by Crippen LogP contribution is -2.44. The molecule has 1 amide bonds. The quantitative estimate of drug-likeness (QED) is 0.793. The lowest BCUT2D eigenvalue weighted by Gasteiger charge is -2.28. The molecule has 2 N–H and O–H groups in total. The highest BCUT2D eigenvalue weighted by molar-refractivity contribution is 5.89. The van der Waals surface area contributed by atoms with Crippen LogP contribution in [0.3, 0.4) is 0 Å². The van der Waals surface area contributed by atoms with E-state index in [0.717, 1.165) is 12.0 Å². The number of hydrogen-bond donors (Lipinski definition) is 1. The molecule has 1 aliphatic heterocycles. The maximum atomic E-state index is 13.2. The molecule has 0 bridgehead atoms. The van der Waals surface area contributed by atoms with Gasteiger partial charge < -0.3 is 19.9 Å². The van der Waals surface area contributed by atoms with Gasteiger partial charge in [-0.1, -0.05) is 30.3 Å². The summed E-state index contributed by atoms with van der Waals surface area (Å²) in [7, 11) is 1.34. The summed E-state index contributed by atoms with van der Waals surface area (Å²) in [4.78, 5) is 30.8. The van der Waals surface area contributed by atoms with Crippen molar-refractivity contribution < 1.29 is 14.3 Å². The number of anilines is 1. The molecule has 2 atom stereocenters. The van der Waals surface area contributed by atoms with E-state index in [1.54, 1.807) is 15.7 Å². The van der Waals surface area contributed by atoms with Gasteiger partial charge in [0.1, 0.15) is 17.9 Å². The summed E-state index contributed by atoms with van der Waals surface area (Å²) < 4.78 is 6.52. The lowest BCUT2D eigenvalue weighted by molar-refractivity contribution is -0.151. The van der Waals surface area contributed by atoms with Crippen LogP contribution >= 0.6 is 24.8 Å². The Morgan fingerprint density at radius 1 is 1.27 bits per heavy atom. The molecule has 1 unspecified atom stereocenters. The normalized spacial score (nSPS) is 17.0. The number of esters is 1. The molecule has 1 aromatic carbocycles. The number of halogens is 2. The molecule has 0 spiro atoms. The predicted octanol–water partition coefficient (Wildman–Crippen LogP) is 2.06. The zero-order chi connectivity index (χ0) is 17.1. The number of aromatic nitrogens is 2. The molecule has 1 aliphatic rings. The first kappa shape index (κ1) is 21.8. The van der Waals surface area contributed by atoms with Crippen molar-refractivity contribution >= 4 is 42.5 Å². The number of likely N-dealkylation sites (tertiary alicyclic amines) is 1. The number of nitrogen functional groups attached to an aromatic ring is 1. The average molecular weight is 401 g/mol. The molecule has 1 aromatic heterocycles. The highest BCUT2D eigenvalue weighted by Crippen LogP contribution is 2.27. The SMILES string of the molecule is COC(=O)[C@@H]1CCCN1C(=O)C(c1ccccc1)n1cnc(N)c1.Cl.Cl. The fourth-order valence-corrected chi connectivity index (χ4v) is 3.14.